The van der Waals surface area contributed by atoms with Crippen LogP contribution in [-0.4, -0.2) is 31.6 Å². The number of hydrogen-bond acceptors (Lipinski definition) is 3. The lowest BCUT2D eigenvalue weighted by Crippen LogP contribution is -2.40. The molecule has 6 nitrogen and oxygen atoms in total. The van der Waals surface area contributed by atoms with Crippen LogP contribution in [0, 0.1) is 0 Å². The summed E-state index contributed by atoms with van der Waals surface area (Å²) < 4.78 is 5.17. The molecule has 2 rings (SSSR count). The predicted octanol–water partition coefficient (Wildman–Crippen LogP) is 3.71. The standard InChI is InChI=1S/C22H30N4O2.HI/c1-22(2,3)26-20(27)18-8-6-7-17(13-18)15-25-21(23-4)24-14-16-9-11-19(28-5)12-10-16;/h6-13H,14-15H2,1-5H3,(H,26,27)(H2,23,24,25);1H. The molecule has 7 heteroatoms. The number of methoxy groups -OCH3 is 1. The molecule has 0 radical (unpaired) electrons. The molecule has 3 N–H and O–H groups in total. The van der Waals surface area contributed by atoms with Gasteiger partial charge in [-0.15, -0.1) is 24.0 Å². The van der Waals surface area contributed by atoms with E-state index < -0.39 is 0 Å². The topological polar surface area (TPSA) is 74.8 Å². The summed E-state index contributed by atoms with van der Waals surface area (Å²) in [6.07, 6.45) is 0. The molecule has 0 fully saturated rings. The van der Waals surface area contributed by atoms with Crippen molar-refractivity contribution in [1.82, 2.24) is 16.0 Å². The lowest BCUT2D eigenvalue weighted by atomic mass is 10.1. The number of benzene rings is 2. The fourth-order valence-electron chi connectivity index (χ4n) is 2.57. The van der Waals surface area contributed by atoms with Crippen LogP contribution in [-0.2, 0) is 13.1 Å². The molecule has 2 aromatic carbocycles. The lowest BCUT2D eigenvalue weighted by Gasteiger charge is -2.20. The Bertz CT molecular complexity index is 814. The quantitative estimate of drug-likeness (QED) is 0.315. The third-order valence-electron chi connectivity index (χ3n) is 3.98. The number of carbonyl (C=O) groups excluding carboxylic acids is 1. The average Bonchev–Trinajstić information content (AvgIpc) is 2.67. The van der Waals surface area contributed by atoms with E-state index in [4.69, 9.17) is 4.74 Å². The van der Waals surface area contributed by atoms with Gasteiger partial charge in [-0.3, -0.25) is 9.79 Å². The molecular formula is C22H31IN4O2. The van der Waals surface area contributed by atoms with Crippen molar-refractivity contribution < 1.29 is 9.53 Å². The molecule has 0 saturated heterocycles. The Labute approximate surface area is 190 Å². The zero-order chi connectivity index (χ0) is 20.6. The molecule has 0 atom stereocenters. The number of amides is 1. The monoisotopic (exact) mass is 510 g/mol. The molecule has 29 heavy (non-hydrogen) atoms. The van der Waals surface area contributed by atoms with Gasteiger partial charge in [0.25, 0.3) is 5.91 Å². The largest absolute Gasteiger partial charge is 0.497 e. The third-order valence-corrected chi connectivity index (χ3v) is 3.98. The number of nitrogens with one attached hydrogen (secondary N) is 3. The van der Waals surface area contributed by atoms with Gasteiger partial charge in [-0.05, 0) is 56.2 Å². The normalized spacial score (nSPS) is 11.3. The van der Waals surface area contributed by atoms with Crippen molar-refractivity contribution in [2.75, 3.05) is 14.2 Å². The maximum Gasteiger partial charge on any atom is 0.251 e. The van der Waals surface area contributed by atoms with E-state index in [1.807, 2.05) is 69.3 Å². The van der Waals surface area contributed by atoms with Crippen LogP contribution in [0.25, 0.3) is 0 Å². The van der Waals surface area contributed by atoms with Crippen LogP contribution in [0.2, 0.25) is 0 Å². The van der Waals surface area contributed by atoms with Gasteiger partial charge in [-0.2, -0.15) is 0 Å². The Kier molecular flexibility index (Phi) is 9.94. The van der Waals surface area contributed by atoms with Crippen molar-refractivity contribution in [3.8, 4) is 5.75 Å². The predicted molar refractivity (Wildman–Crippen MR) is 129 cm³/mol. The van der Waals surface area contributed by atoms with Crippen molar-refractivity contribution in [3.63, 3.8) is 0 Å². The van der Waals surface area contributed by atoms with Crippen molar-refractivity contribution in [1.29, 1.82) is 0 Å². The Hall–Kier alpha value is -2.29. The smallest absolute Gasteiger partial charge is 0.251 e. The summed E-state index contributed by atoms with van der Waals surface area (Å²) in [5, 5.41) is 9.54. The highest BCUT2D eigenvalue weighted by atomic mass is 127. The first-order valence-corrected chi connectivity index (χ1v) is 9.29. The van der Waals surface area contributed by atoms with E-state index in [2.05, 4.69) is 20.9 Å². The van der Waals surface area contributed by atoms with Gasteiger partial charge < -0.3 is 20.7 Å². The Morgan fingerprint density at radius 3 is 2.17 bits per heavy atom. The molecule has 1 amide bonds. The second-order valence-corrected chi connectivity index (χ2v) is 7.53. The number of rotatable bonds is 6. The van der Waals surface area contributed by atoms with Gasteiger partial charge in [-0.1, -0.05) is 24.3 Å². The fourth-order valence-corrected chi connectivity index (χ4v) is 2.57. The van der Waals surface area contributed by atoms with Gasteiger partial charge in [0.2, 0.25) is 0 Å². The van der Waals surface area contributed by atoms with Crippen LogP contribution >= 0.6 is 24.0 Å². The summed E-state index contributed by atoms with van der Waals surface area (Å²) in [6.45, 7) is 7.12. The van der Waals surface area contributed by atoms with Crippen LogP contribution in [0.3, 0.4) is 0 Å². The van der Waals surface area contributed by atoms with Crippen LogP contribution in [0.1, 0.15) is 42.3 Å². The van der Waals surface area contributed by atoms with Gasteiger partial charge in [0, 0.05) is 31.2 Å². The number of nitrogens with zero attached hydrogens (tertiary/aromatic N) is 1. The number of carbonyl (C=O) groups is 1. The average molecular weight is 510 g/mol. The molecule has 158 valence electrons. The molecule has 0 saturated carbocycles. The van der Waals surface area contributed by atoms with Crippen molar-refractivity contribution in [3.05, 3.63) is 65.2 Å². The van der Waals surface area contributed by atoms with Gasteiger partial charge in [0.15, 0.2) is 5.96 Å². The Morgan fingerprint density at radius 1 is 1.00 bits per heavy atom. The van der Waals surface area contributed by atoms with E-state index in [-0.39, 0.29) is 35.4 Å². The second kappa shape index (κ2) is 11.6. The van der Waals surface area contributed by atoms with E-state index in [0.29, 0.717) is 24.6 Å². The maximum absolute atomic E-state index is 12.3. The summed E-state index contributed by atoms with van der Waals surface area (Å²) in [4.78, 5) is 16.6. The summed E-state index contributed by atoms with van der Waals surface area (Å²) in [5.74, 6) is 1.46. The summed E-state index contributed by atoms with van der Waals surface area (Å²) in [7, 11) is 3.39. The van der Waals surface area contributed by atoms with Crippen LogP contribution < -0.4 is 20.7 Å². The molecule has 0 aliphatic heterocycles. The molecule has 0 aromatic heterocycles. The number of halogens is 1. The molecule has 0 unspecified atom stereocenters. The molecule has 0 aliphatic rings. The first-order chi connectivity index (χ1) is 13.3. The van der Waals surface area contributed by atoms with Gasteiger partial charge in [0.1, 0.15) is 5.75 Å². The van der Waals surface area contributed by atoms with E-state index in [1.54, 1.807) is 14.2 Å². The number of ether oxygens (including phenoxy) is 1. The minimum Gasteiger partial charge on any atom is -0.497 e. The van der Waals surface area contributed by atoms with E-state index in [9.17, 15) is 4.79 Å². The molecule has 0 bridgehead atoms. The third kappa shape index (κ3) is 8.72. The van der Waals surface area contributed by atoms with Crippen molar-refractivity contribution >= 4 is 35.8 Å². The fraction of sp³-hybridized carbons (Fsp3) is 0.364. The van der Waals surface area contributed by atoms with Crippen LogP contribution in [0.15, 0.2) is 53.5 Å². The second-order valence-electron chi connectivity index (χ2n) is 7.53. The van der Waals surface area contributed by atoms with Crippen LogP contribution in [0.5, 0.6) is 5.75 Å². The minimum absolute atomic E-state index is 0. The first-order valence-electron chi connectivity index (χ1n) is 9.29. The van der Waals surface area contributed by atoms with Gasteiger partial charge in [0.05, 0.1) is 7.11 Å². The SMILES string of the molecule is CN=C(NCc1ccc(OC)cc1)NCc1cccc(C(=O)NC(C)(C)C)c1.I. The van der Waals surface area contributed by atoms with Crippen LogP contribution in [0.4, 0.5) is 0 Å². The van der Waals surface area contributed by atoms with E-state index >= 15 is 0 Å². The van der Waals surface area contributed by atoms with E-state index in [1.165, 1.54) is 0 Å². The summed E-state index contributed by atoms with van der Waals surface area (Å²) >= 11 is 0. The number of guanidine groups is 1. The first kappa shape index (κ1) is 24.7. The molecule has 0 aliphatic carbocycles. The highest BCUT2D eigenvalue weighted by Crippen LogP contribution is 2.11. The molecule has 0 spiro atoms. The Balaban J connectivity index is 0.00000420. The summed E-state index contributed by atoms with van der Waals surface area (Å²) in [6, 6.07) is 15.5. The Morgan fingerprint density at radius 2 is 1.62 bits per heavy atom. The van der Waals surface area contributed by atoms with E-state index in [0.717, 1.165) is 16.9 Å². The molecule has 0 heterocycles. The lowest BCUT2D eigenvalue weighted by molar-refractivity contribution is 0.0919. The maximum atomic E-state index is 12.3. The molecular weight excluding hydrogens is 479 g/mol. The van der Waals surface area contributed by atoms with Crippen molar-refractivity contribution in [2.24, 2.45) is 4.99 Å². The van der Waals surface area contributed by atoms with Gasteiger partial charge >= 0.3 is 0 Å². The zero-order valence-corrected chi connectivity index (χ0v) is 20.0. The number of aliphatic imine (C=N–C) groups is 1. The van der Waals surface area contributed by atoms with Crippen molar-refractivity contribution in [2.45, 2.75) is 39.4 Å². The van der Waals surface area contributed by atoms with Gasteiger partial charge in [-0.25, -0.2) is 0 Å². The zero-order valence-electron chi connectivity index (χ0n) is 17.7. The number of hydrogen-bond donors (Lipinski definition) is 3. The summed E-state index contributed by atoms with van der Waals surface area (Å²) in [5.41, 5.74) is 2.52. The molecule has 2 aromatic rings. The minimum atomic E-state index is -0.265. The highest BCUT2D eigenvalue weighted by molar-refractivity contribution is 14.0. The highest BCUT2D eigenvalue weighted by Gasteiger charge is 2.15.